The number of aromatic nitrogens is 2. The molecule has 0 aliphatic carbocycles. The number of nitrogens with one attached hydrogen (secondary N) is 1. The van der Waals surface area contributed by atoms with Crippen LogP contribution in [-0.2, 0) is 4.79 Å². The van der Waals surface area contributed by atoms with Crippen LogP contribution in [0.1, 0.15) is 49.6 Å². The molecule has 5 nitrogen and oxygen atoms in total. The third kappa shape index (κ3) is 5.00. The molecule has 4 aromatic rings. The van der Waals surface area contributed by atoms with E-state index in [1.165, 1.54) is 6.07 Å². The molecule has 6 heteroatoms. The van der Waals surface area contributed by atoms with Gasteiger partial charge in [0.05, 0.1) is 11.5 Å². The molecule has 0 saturated carbocycles. The fraction of sp³-hybridized carbons (Fsp3) is 0.222. The zero-order valence-corrected chi connectivity index (χ0v) is 18.7. The molecule has 0 atom stereocenters. The van der Waals surface area contributed by atoms with Crippen LogP contribution >= 0.6 is 0 Å². The summed E-state index contributed by atoms with van der Waals surface area (Å²) in [6.07, 6.45) is 1.47. The van der Waals surface area contributed by atoms with Gasteiger partial charge in [-0.25, -0.2) is 4.39 Å². The number of carbonyl (C=O) groups is 1. The van der Waals surface area contributed by atoms with Crippen LogP contribution in [-0.4, -0.2) is 16.0 Å². The Morgan fingerprint density at radius 3 is 2.09 bits per heavy atom. The second-order valence-electron chi connectivity index (χ2n) is 7.91. The largest absolute Gasteiger partial charge is 0.334 e. The summed E-state index contributed by atoms with van der Waals surface area (Å²) in [7, 11) is 0. The Hall–Kier alpha value is -3.80. The average molecular weight is 444 g/mol. The fourth-order valence-corrected chi connectivity index (χ4v) is 3.91. The van der Waals surface area contributed by atoms with Crippen molar-refractivity contribution in [2.75, 3.05) is 5.32 Å². The third-order valence-corrected chi connectivity index (χ3v) is 5.79. The van der Waals surface area contributed by atoms with Gasteiger partial charge in [0.25, 0.3) is 5.89 Å². The van der Waals surface area contributed by atoms with Gasteiger partial charge >= 0.3 is 0 Å². The van der Waals surface area contributed by atoms with E-state index in [9.17, 15) is 9.18 Å². The van der Waals surface area contributed by atoms with Gasteiger partial charge in [0.15, 0.2) is 5.82 Å². The van der Waals surface area contributed by atoms with Gasteiger partial charge in [0.1, 0.15) is 5.82 Å². The first-order valence-electron chi connectivity index (χ1n) is 11.1. The van der Waals surface area contributed by atoms with E-state index in [0.29, 0.717) is 11.5 Å². The Kier molecular flexibility index (Phi) is 6.93. The SMILES string of the molecule is CCC(CC)C(=O)Nc1ccc(-c2nc(C(c3ccccc3)c3ccccc3)no2)c(F)c1. The molecule has 0 bridgehead atoms. The highest BCUT2D eigenvalue weighted by atomic mass is 19.1. The van der Waals surface area contributed by atoms with Crippen LogP contribution in [0.4, 0.5) is 10.1 Å². The molecule has 0 spiro atoms. The molecule has 1 aromatic heterocycles. The number of carbonyl (C=O) groups excluding carboxylic acids is 1. The van der Waals surface area contributed by atoms with Gasteiger partial charge < -0.3 is 9.84 Å². The number of hydrogen-bond acceptors (Lipinski definition) is 4. The molecule has 33 heavy (non-hydrogen) atoms. The highest BCUT2D eigenvalue weighted by Gasteiger charge is 2.24. The first-order chi connectivity index (χ1) is 16.1. The zero-order chi connectivity index (χ0) is 23.2. The average Bonchev–Trinajstić information content (AvgIpc) is 3.31. The minimum atomic E-state index is -0.538. The van der Waals surface area contributed by atoms with E-state index in [0.717, 1.165) is 24.0 Å². The maximum absolute atomic E-state index is 14.9. The van der Waals surface area contributed by atoms with Gasteiger partial charge in [0, 0.05) is 11.6 Å². The highest BCUT2D eigenvalue weighted by molar-refractivity contribution is 5.92. The topological polar surface area (TPSA) is 68.0 Å². The van der Waals surface area contributed by atoms with Gasteiger partial charge in [-0.05, 0) is 42.2 Å². The van der Waals surface area contributed by atoms with Crippen LogP contribution in [0.25, 0.3) is 11.5 Å². The molecular formula is C27H26FN3O2. The summed E-state index contributed by atoms with van der Waals surface area (Å²) in [5.74, 6) is -0.444. The van der Waals surface area contributed by atoms with E-state index in [2.05, 4.69) is 15.5 Å². The summed E-state index contributed by atoms with van der Waals surface area (Å²) in [6, 6.07) is 24.2. The van der Waals surface area contributed by atoms with Gasteiger partial charge in [0.2, 0.25) is 5.91 Å². The summed E-state index contributed by atoms with van der Waals surface area (Å²) < 4.78 is 20.4. The van der Waals surface area contributed by atoms with Crippen LogP contribution in [0, 0.1) is 11.7 Å². The quantitative estimate of drug-likeness (QED) is 0.341. The number of benzene rings is 3. The van der Waals surface area contributed by atoms with Crippen molar-refractivity contribution in [2.45, 2.75) is 32.6 Å². The number of amides is 1. The second kappa shape index (κ2) is 10.2. The Bertz CT molecular complexity index is 1170. The number of rotatable bonds is 8. The molecule has 1 heterocycles. The monoisotopic (exact) mass is 443 g/mol. The first-order valence-corrected chi connectivity index (χ1v) is 11.1. The number of halogens is 1. The Labute approximate surface area is 192 Å². The van der Waals surface area contributed by atoms with E-state index in [1.54, 1.807) is 12.1 Å². The molecule has 1 N–H and O–H groups in total. The van der Waals surface area contributed by atoms with Crippen LogP contribution < -0.4 is 5.32 Å². The standard InChI is InChI=1S/C27H26FN3O2/c1-3-18(4-2)26(32)29-21-15-16-22(23(28)17-21)27-30-25(31-33-27)24(19-11-7-5-8-12-19)20-13-9-6-10-14-20/h5-18,24H,3-4H2,1-2H3,(H,29,32). The normalized spacial score (nSPS) is 11.2. The van der Waals surface area contributed by atoms with Gasteiger partial charge in [-0.3, -0.25) is 4.79 Å². The minimum Gasteiger partial charge on any atom is -0.334 e. The van der Waals surface area contributed by atoms with Crippen molar-refractivity contribution in [1.29, 1.82) is 0 Å². The van der Waals surface area contributed by atoms with Gasteiger partial charge in [-0.15, -0.1) is 0 Å². The van der Waals surface area contributed by atoms with Crippen molar-refractivity contribution in [3.63, 3.8) is 0 Å². The maximum Gasteiger partial charge on any atom is 0.260 e. The van der Waals surface area contributed by atoms with Crippen molar-refractivity contribution in [3.05, 3.63) is 102 Å². The van der Waals surface area contributed by atoms with Crippen molar-refractivity contribution in [2.24, 2.45) is 5.92 Å². The lowest BCUT2D eigenvalue weighted by Gasteiger charge is -2.14. The van der Waals surface area contributed by atoms with Crippen molar-refractivity contribution >= 4 is 11.6 Å². The van der Waals surface area contributed by atoms with Gasteiger partial charge in [-0.2, -0.15) is 4.98 Å². The lowest BCUT2D eigenvalue weighted by atomic mass is 9.91. The van der Waals surface area contributed by atoms with Crippen LogP contribution in [0.15, 0.2) is 83.4 Å². The Balaban J connectivity index is 1.63. The lowest BCUT2D eigenvalue weighted by molar-refractivity contribution is -0.120. The number of anilines is 1. The maximum atomic E-state index is 14.9. The van der Waals surface area contributed by atoms with E-state index in [4.69, 9.17) is 4.52 Å². The van der Waals surface area contributed by atoms with Crippen LogP contribution in [0.2, 0.25) is 0 Å². The van der Waals surface area contributed by atoms with E-state index >= 15 is 0 Å². The molecular weight excluding hydrogens is 417 g/mol. The van der Waals surface area contributed by atoms with Crippen LogP contribution in [0.5, 0.6) is 0 Å². The number of nitrogens with zero attached hydrogens (tertiary/aromatic N) is 2. The lowest BCUT2D eigenvalue weighted by Crippen LogP contribution is -2.21. The molecule has 1 amide bonds. The molecule has 168 valence electrons. The molecule has 3 aromatic carbocycles. The number of hydrogen-bond donors (Lipinski definition) is 1. The Morgan fingerprint density at radius 1 is 0.939 bits per heavy atom. The molecule has 0 aliphatic rings. The molecule has 0 unspecified atom stereocenters. The summed E-state index contributed by atoms with van der Waals surface area (Å²) >= 11 is 0. The van der Waals surface area contributed by atoms with E-state index < -0.39 is 5.82 Å². The molecule has 4 rings (SSSR count). The van der Waals surface area contributed by atoms with E-state index in [1.807, 2.05) is 74.5 Å². The smallest absolute Gasteiger partial charge is 0.260 e. The second-order valence-corrected chi connectivity index (χ2v) is 7.91. The van der Waals surface area contributed by atoms with Gasteiger partial charge in [-0.1, -0.05) is 79.7 Å². The zero-order valence-electron chi connectivity index (χ0n) is 18.7. The van der Waals surface area contributed by atoms with Crippen molar-refractivity contribution < 1.29 is 13.7 Å². The summed E-state index contributed by atoms with van der Waals surface area (Å²) in [6.45, 7) is 3.92. The fourth-order valence-electron chi connectivity index (χ4n) is 3.91. The molecule has 0 aliphatic heterocycles. The molecule has 0 fully saturated rings. The Morgan fingerprint density at radius 2 is 1.55 bits per heavy atom. The summed E-state index contributed by atoms with van der Waals surface area (Å²) in [5.41, 5.74) is 2.61. The third-order valence-electron chi connectivity index (χ3n) is 5.79. The first kappa shape index (κ1) is 22.4. The van der Waals surface area contributed by atoms with Crippen molar-refractivity contribution in [3.8, 4) is 11.5 Å². The summed E-state index contributed by atoms with van der Waals surface area (Å²) in [5, 5.41) is 6.96. The van der Waals surface area contributed by atoms with E-state index in [-0.39, 0.29) is 29.2 Å². The minimum absolute atomic E-state index is 0.0947. The predicted octanol–water partition coefficient (Wildman–Crippen LogP) is 6.43. The van der Waals surface area contributed by atoms with Crippen LogP contribution in [0.3, 0.4) is 0 Å². The molecule has 0 radical (unpaired) electrons. The predicted molar refractivity (Wildman–Crippen MR) is 126 cm³/mol. The molecule has 0 saturated heterocycles. The van der Waals surface area contributed by atoms with Crippen molar-refractivity contribution in [1.82, 2.24) is 10.1 Å². The summed E-state index contributed by atoms with van der Waals surface area (Å²) in [4.78, 5) is 16.8. The highest BCUT2D eigenvalue weighted by Crippen LogP contribution is 2.32.